The molecule has 0 aromatic rings. The van der Waals surface area contributed by atoms with Crippen LogP contribution in [0.5, 0.6) is 0 Å². The molecule has 0 spiro atoms. The van der Waals surface area contributed by atoms with Crippen LogP contribution < -0.4 is 0 Å². The lowest BCUT2D eigenvalue weighted by atomic mass is 9.80. The maximum atomic E-state index is 9.03. The third-order valence-corrected chi connectivity index (χ3v) is 2.22. The van der Waals surface area contributed by atoms with Gasteiger partial charge in [-0.05, 0) is 18.3 Å². The van der Waals surface area contributed by atoms with Crippen LogP contribution in [0.25, 0.3) is 0 Å². The molecule has 0 heterocycles. The summed E-state index contributed by atoms with van der Waals surface area (Å²) < 4.78 is 0. The van der Waals surface area contributed by atoms with E-state index in [1.807, 2.05) is 13.8 Å². The summed E-state index contributed by atoms with van der Waals surface area (Å²) in [6.07, 6.45) is 0.644. The fourth-order valence-corrected chi connectivity index (χ4v) is 0.826. The van der Waals surface area contributed by atoms with Gasteiger partial charge in [-0.25, -0.2) is 0 Å². The number of hydrogen-bond acceptors (Lipinski definition) is 2. The Hall–Kier alpha value is -0.0800. The van der Waals surface area contributed by atoms with Crippen LogP contribution in [0.3, 0.4) is 0 Å². The molecule has 0 radical (unpaired) electrons. The summed E-state index contributed by atoms with van der Waals surface area (Å²) in [5.41, 5.74) is -0.112. The highest BCUT2D eigenvalue weighted by molar-refractivity contribution is 4.74. The topological polar surface area (TPSA) is 40.5 Å². The predicted molar refractivity (Wildman–Crippen MR) is 50.7 cm³/mol. The molecule has 0 aliphatic heterocycles. The highest BCUT2D eigenvalue weighted by Crippen LogP contribution is 2.31. The van der Waals surface area contributed by atoms with Crippen LogP contribution in [0.4, 0.5) is 0 Å². The van der Waals surface area contributed by atoms with E-state index in [0.717, 1.165) is 12.8 Å². The zero-order valence-electron chi connectivity index (χ0n) is 8.89. The molecule has 0 amide bonds. The van der Waals surface area contributed by atoms with Gasteiger partial charge in [0.25, 0.3) is 0 Å². The smallest absolute Gasteiger partial charge is 0.156 e. The number of aliphatic hydroxyl groups is 2. The number of hydrogen-bond donors (Lipinski definition) is 2. The Morgan fingerprint density at radius 2 is 1.33 bits per heavy atom. The molecule has 2 heteroatoms. The molecule has 0 aromatic heterocycles. The minimum Gasteiger partial charge on any atom is -0.368 e. The van der Waals surface area contributed by atoms with Gasteiger partial charge >= 0.3 is 0 Å². The Bertz CT molecular complexity index is 131. The van der Waals surface area contributed by atoms with Gasteiger partial charge in [0, 0.05) is 5.41 Å². The second kappa shape index (κ2) is 3.75. The number of rotatable bonds is 3. The normalized spacial score (nSPS) is 14.0. The van der Waals surface area contributed by atoms with Crippen molar-refractivity contribution in [1.29, 1.82) is 0 Å². The molecule has 0 bridgehead atoms. The molecule has 12 heavy (non-hydrogen) atoms. The van der Waals surface area contributed by atoms with E-state index < -0.39 is 6.29 Å². The van der Waals surface area contributed by atoms with Crippen molar-refractivity contribution >= 4 is 0 Å². The molecule has 0 aromatic carbocycles. The fraction of sp³-hybridized carbons (Fsp3) is 1.00. The quantitative estimate of drug-likeness (QED) is 0.644. The summed E-state index contributed by atoms with van der Waals surface area (Å²) in [5, 5.41) is 18.1. The first-order valence-corrected chi connectivity index (χ1v) is 4.51. The average molecular weight is 174 g/mol. The van der Waals surface area contributed by atoms with Crippen molar-refractivity contribution in [1.82, 2.24) is 0 Å². The summed E-state index contributed by atoms with van der Waals surface area (Å²) in [6.45, 7) is 10.2. The minimum atomic E-state index is -1.21. The monoisotopic (exact) mass is 174 g/mol. The van der Waals surface area contributed by atoms with E-state index in [2.05, 4.69) is 20.8 Å². The Morgan fingerprint density at radius 1 is 0.917 bits per heavy atom. The van der Waals surface area contributed by atoms with Gasteiger partial charge in [-0.3, -0.25) is 0 Å². The Labute approximate surface area is 75.6 Å². The van der Waals surface area contributed by atoms with Gasteiger partial charge < -0.3 is 10.2 Å². The molecular weight excluding hydrogens is 152 g/mol. The van der Waals surface area contributed by atoms with Crippen molar-refractivity contribution in [2.24, 2.45) is 10.8 Å². The van der Waals surface area contributed by atoms with Crippen LogP contribution in [0.15, 0.2) is 0 Å². The van der Waals surface area contributed by atoms with E-state index in [1.165, 1.54) is 0 Å². The standard InChI is InChI=1S/C10H22O2/c1-9(2,3)6-7-10(4,5)8(11)12/h8,11-12H,6-7H2,1-5H3. The van der Waals surface area contributed by atoms with Crippen LogP contribution in [-0.2, 0) is 0 Å². The minimum absolute atomic E-state index is 0.270. The lowest BCUT2D eigenvalue weighted by Gasteiger charge is -2.30. The van der Waals surface area contributed by atoms with Crippen LogP contribution in [-0.4, -0.2) is 16.5 Å². The maximum absolute atomic E-state index is 9.03. The molecule has 0 fully saturated rings. The van der Waals surface area contributed by atoms with E-state index in [0.29, 0.717) is 0 Å². The van der Waals surface area contributed by atoms with Crippen molar-refractivity contribution < 1.29 is 10.2 Å². The third kappa shape index (κ3) is 4.73. The molecule has 2 N–H and O–H groups in total. The summed E-state index contributed by atoms with van der Waals surface area (Å²) >= 11 is 0. The lowest BCUT2D eigenvalue weighted by molar-refractivity contribution is -0.126. The number of aliphatic hydroxyl groups excluding tert-OH is 1. The molecule has 0 aliphatic rings. The van der Waals surface area contributed by atoms with Crippen LogP contribution >= 0.6 is 0 Å². The van der Waals surface area contributed by atoms with Gasteiger partial charge in [0.1, 0.15) is 0 Å². The van der Waals surface area contributed by atoms with Crippen LogP contribution in [0.1, 0.15) is 47.5 Å². The van der Waals surface area contributed by atoms with Gasteiger partial charge in [0.05, 0.1) is 0 Å². The van der Waals surface area contributed by atoms with Gasteiger partial charge in [-0.15, -0.1) is 0 Å². The van der Waals surface area contributed by atoms with E-state index in [9.17, 15) is 0 Å². The summed E-state index contributed by atoms with van der Waals surface area (Å²) in [5.74, 6) is 0. The molecule has 0 rings (SSSR count). The molecule has 0 unspecified atom stereocenters. The molecular formula is C10H22O2. The third-order valence-electron chi connectivity index (χ3n) is 2.22. The van der Waals surface area contributed by atoms with Crippen molar-refractivity contribution in [3.8, 4) is 0 Å². The van der Waals surface area contributed by atoms with Gasteiger partial charge in [0.2, 0.25) is 0 Å². The van der Waals surface area contributed by atoms with Crippen molar-refractivity contribution in [2.75, 3.05) is 0 Å². The van der Waals surface area contributed by atoms with Crippen molar-refractivity contribution in [3.63, 3.8) is 0 Å². The first-order chi connectivity index (χ1) is 5.15. The SMILES string of the molecule is CC(C)(C)CCC(C)(C)C(O)O. The lowest BCUT2D eigenvalue weighted by Crippen LogP contribution is -2.30. The maximum Gasteiger partial charge on any atom is 0.156 e. The molecule has 0 saturated carbocycles. The largest absolute Gasteiger partial charge is 0.368 e. The van der Waals surface area contributed by atoms with Gasteiger partial charge in [-0.1, -0.05) is 34.6 Å². The van der Waals surface area contributed by atoms with E-state index >= 15 is 0 Å². The molecule has 0 aliphatic carbocycles. The zero-order chi connectivity index (χ0) is 9.99. The Kier molecular flexibility index (Phi) is 3.73. The second-order valence-corrected chi connectivity index (χ2v) is 5.42. The van der Waals surface area contributed by atoms with Crippen LogP contribution in [0.2, 0.25) is 0 Å². The second-order valence-electron chi connectivity index (χ2n) is 5.42. The van der Waals surface area contributed by atoms with Crippen molar-refractivity contribution in [2.45, 2.75) is 53.8 Å². The van der Waals surface area contributed by atoms with E-state index in [1.54, 1.807) is 0 Å². The summed E-state index contributed by atoms with van der Waals surface area (Å²) in [4.78, 5) is 0. The highest BCUT2D eigenvalue weighted by atomic mass is 16.5. The fourth-order valence-electron chi connectivity index (χ4n) is 0.826. The van der Waals surface area contributed by atoms with Crippen LogP contribution in [0, 0.1) is 10.8 Å². The predicted octanol–water partition coefficient (Wildman–Crippen LogP) is 2.15. The first-order valence-electron chi connectivity index (χ1n) is 4.51. The zero-order valence-corrected chi connectivity index (χ0v) is 8.89. The van der Waals surface area contributed by atoms with Gasteiger partial charge in [-0.2, -0.15) is 0 Å². The van der Waals surface area contributed by atoms with Gasteiger partial charge in [0.15, 0.2) is 6.29 Å². The van der Waals surface area contributed by atoms with E-state index in [-0.39, 0.29) is 10.8 Å². The average Bonchev–Trinajstić information content (AvgIpc) is 1.82. The molecule has 0 atom stereocenters. The summed E-state index contributed by atoms with van der Waals surface area (Å²) in [7, 11) is 0. The highest BCUT2D eigenvalue weighted by Gasteiger charge is 2.27. The molecule has 74 valence electrons. The Balaban J connectivity index is 3.93. The molecule has 2 nitrogen and oxygen atoms in total. The van der Waals surface area contributed by atoms with Crippen molar-refractivity contribution in [3.05, 3.63) is 0 Å². The Morgan fingerprint density at radius 3 is 1.58 bits per heavy atom. The summed E-state index contributed by atoms with van der Waals surface area (Å²) in [6, 6.07) is 0. The van der Waals surface area contributed by atoms with E-state index in [4.69, 9.17) is 10.2 Å². The molecule has 0 saturated heterocycles. The first kappa shape index (κ1) is 11.9.